The van der Waals surface area contributed by atoms with E-state index < -0.39 is 11.6 Å². The lowest BCUT2D eigenvalue weighted by Crippen LogP contribution is -2.39. The maximum Gasteiger partial charge on any atom is 0.249 e. The number of ether oxygens (including phenoxy) is 2. The second-order valence-electron chi connectivity index (χ2n) is 10.8. The Labute approximate surface area is 244 Å². The van der Waals surface area contributed by atoms with Crippen molar-refractivity contribution < 1.29 is 19.1 Å². The minimum absolute atomic E-state index is 0.0208. The number of likely N-dealkylation sites (N-methyl/N-ethyl adjacent to an activating group) is 1. The number of hydrogen-bond acceptors (Lipinski definition) is 7. The lowest BCUT2D eigenvalue weighted by Gasteiger charge is -2.22. The molecule has 1 aliphatic rings. The quantitative estimate of drug-likeness (QED) is 0.373. The first-order valence-electron chi connectivity index (χ1n) is 13.6. The number of benzene rings is 1. The van der Waals surface area contributed by atoms with Gasteiger partial charge in [-0.3, -0.25) is 9.59 Å². The maximum atomic E-state index is 13.1. The first kappa shape index (κ1) is 33.3. The van der Waals surface area contributed by atoms with Gasteiger partial charge in [0.1, 0.15) is 17.6 Å². The molecule has 1 aromatic carbocycles. The molecule has 3 rings (SSSR count). The van der Waals surface area contributed by atoms with E-state index in [0.717, 1.165) is 22.6 Å². The molecule has 9 nitrogen and oxygen atoms in total. The number of aromatic nitrogens is 2. The Morgan fingerprint density at radius 2 is 1.88 bits per heavy atom. The van der Waals surface area contributed by atoms with Crippen molar-refractivity contribution in [2.24, 2.45) is 11.7 Å². The molecule has 0 bridgehead atoms. The molecule has 222 valence electrons. The molecule has 1 heterocycles. The summed E-state index contributed by atoms with van der Waals surface area (Å²) in [6, 6.07) is 9.54. The van der Waals surface area contributed by atoms with E-state index >= 15 is 0 Å². The molecule has 0 saturated carbocycles. The molecule has 9 heteroatoms. The average Bonchev–Trinajstić information content (AvgIpc) is 3.24. The number of Topliss-reactive ketones (excluding diaryl/α,β-unsaturated/α-hetero) is 1. The van der Waals surface area contributed by atoms with Crippen LogP contribution in [0.2, 0.25) is 0 Å². The highest BCUT2D eigenvalue weighted by Crippen LogP contribution is 2.26. The number of methoxy groups -OCH3 is 1. The van der Waals surface area contributed by atoms with Gasteiger partial charge in [0.15, 0.2) is 0 Å². The van der Waals surface area contributed by atoms with Gasteiger partial charge in [-0.1, -0.05) is 62.1 Å². The number of nitrogens with one attached hydrogen (secondary N) is 1. The smallest absolute Gasteiger partial charge is 0.249 e. The minimum atomic E-state index is -0.639. The summed E-state index contributed by atoms with van der Waals surface area (Å²) in [7, 11) is 5.15. The molecule has 0 saturated heterocycles. The summed E-state index contributed by atoms with van der Waals surface area (Å²) in [5, 5.41) is 3.26. The highest BCUT2D eigenvalue weighted by atomic mass is 16.5. The van der Waals surface area contributed by atoms with E-state index in [1.165, 1.54) is 6.92 Å². The van der Waals surface area contributed by atoms with Gasteiger partial charge in [-0.05, 0) is 38.0 Å². The molecule has 2 unspecified atom stereocenters. The van der Waals surface area contributed by atoms with Crippen LogP contribution in [0.3, 0.4) is 0 Å². The van der Waals surface area contributed by atoms with Gasteiger partial charge in [-0.2, -0.15) is 0 Å². The van der Waals surface area contributed by atoms with Gasteiger partial charge in [0.05, 0.1) is 37.9 Å². The van der Waals surface area contributed by atoms with Crippen LogP contribution in [-0.2, 0) is 25.7 Å². The average molecular weight is 564 g/mol. The number of hydrogen-bond donors (Lipinski definition) is 2. The summed E-state index contributed by atoms with van der Waals surface area (Å²) in [4.78, 5) is 29.5. The van der Waals surface area contributed by atoms with E-state index in [2.05, 4.69) is 23.8 Å². The summed E-state index contributed by atoms with van der Waals surface area (Å²) in [5.74, 6) is 1.53. The third-order valence-corrected chi connectivity index (χ3v) is 6.51. The molecule has 1 aromatic heterocycles. The zero-order valence-electron chi connectivity index (χ0n) is 25.4. The van der Waals surface area contributed by atoms with Crippen molar-refractivity contribution in [3.8, 4) is 0 Å². The number of rotatable bonds is 12. The Balaban J connectivity index is 0.000000745. The summed E-state index contributed by atoms with van der Waals surface area (Å²) < 4.78 is 13.0. The van der Waals surface area contributed by atoms with Crippen LogP contribution in [0.1, 0.15) is 45.7 Å². The molecule has 2 atom stereocenters. The van der Waals surface area contributed by atoms with Gasteiger partial charge in [-0.15, -0.1) is 0 Å². The molecule has 1 amide bonds. The Morgan fingerprint density at radius 1 is 1.22 bits per heavy atom. The van der Waals surface area contributed by atoms with Crippen LogP contribution < -0.4 is 11.1 Å². The lowest BCUT2D eigenvalue weighted by molar-refractivity contribution is -0.131. The van der Waals surface area contributed by atoms with Crippen LogP contribution >= 0.6 is 0 Å². The zero-order chi connectivity index (χ0) is 30.6. The van der Waals surface area contributed by atoms with E-state index in [4.69, 9.17) is 15.2 Å². The number of allylic oxidation sites excluding steroid dienone is 4. The number of amides is 1. The van der Waals surface area contributed by atoms with Crippen molar-refractivity contribution in [3.05, 3.63) is 96.3 Å². The summed E-state index contributed by atoms with van der Waals surface area (Å²) in [6.07, 6.45) is 12.0. The number of nitrogens with zero attached hydrogens (tertiary/aromatic N) is 3. The summed E-state index contributed by atoms with van der Waals surface area (Å²) >= 11 is 0. The van der Waals surface area contributed by atoms with Crippen LogP contribution in [0.4, 0.5) is 5.82 Å². The summed E-state index contributed by atoms with van der Waals surface area (Å²) in [5.41, 5.74) is 7.49. The first-order valence-corrected chi connectivity index (χ1v) is 13.6. The van der Waals surface area contributed by atoms with Crippen molar-refractivity contribution >= 4 is 17.5 Å². The summed E-state index contributed by atoms with van der Waals surface area (Å²) in [6.45, 7) is 12.2. The number of anilines is 1. The Hall–Kier alpha value is -3.95. The largest absolute Gasteiger partial charge is 0.501 e. The van der Waals surface area contributed by atoms with E-state index in [0.29, 0.717) is 25.5 Å². The molecule has 0 aliphatic heterocycles. The number of nitrogens with two attached hydrogens (primary N) is 1. The molecule has 0 spiro atoms. The number of ketones is 1. The Kier molecular flexibility index (Phi) is 12.8. The Bertz CT molecular complexity index is 1250. The second kappa shape index (κ2) is 15.7. The highest BCUT2D eigenvalue weighted by Gasteiger charge is 2.26. The van der Waals surface area contributed by atoms with E-state index in [1.54, 1.807) is 46.3 Å². The fourth-order valence-electron chi connectivity index (χ4n) is 3.50. The van der Waals surface area contributed by atoms with Crippen molar-refractivity contribution in [2.75, 3.05) is 33.1 Å². The molecule has 3 N–H and O–H groups in total. The predicted octanol–water partition coefficient (Wildman–Crippen LogP) is 5.02. The van der Waals surface area contributed by atoms with Crippen molar-refractivity contribution in [2.45, 2.75) is 52.3 Å². The normalized spacial score (nSPS) is 14.3. The van der Waals surface area contributed by atoms with Gasteiger partial charge in [0.25, 0.3) is 0 Å². The van der Waals surface area contributed by atoms with Gasteiger partial charge >= 0.3 is 0 Å². The van der Waals surface area contributed by atoms with E-state index in [9.17, 15) is 9.59 Å². The van der Waals surface area contributed by atoms with Crippen molar-refractivity contribution in [3.63, 3.8) is 0 Å². The third kappa shape index (κ3) is 10.9. The van der Waals surface area contributed by atoms with Crippen LogP contribution in [0, 0.1) is 5.92 Å². The number of carbonyl (C=O) groups is 2. The first-order chi connectivity index (χ1) is 19.3. The van der Waals surface area contributed by atoms with Gasteiger partial charge in [-0.25, -0.2) is 4.98 Å². The number of carbonyl (C=O) groups excluding carboxylic acids is 2. The van der Waals surface area contributed by atoms with Crippen molar-refractivity contribution in [1.82, 2.24) is 14.5 Å². The topological polar surface area (TPSA) is 112 Å². The van der Waals surface area contributed by atoms with Gasteiger partial charge in [0, 0.05) is 38.3 Å². The molecular formula is C32H45N5O4. The standard InChI is InChI=1S/C27H34N4O3.C5H11NO/c1-20(17-34-18-22-10-7-6-8-11-22)21(2)29-25-16-31(19-28-25)26(27(32)30(3)4)23-12-9-13-24(33-5)15-14-23;1-4(7)5(2,3)6/h6-12,14-16,19-20,26,29H,2,13,17-18H2,1,3-5H3;6H2,1-3H3. The fourth-order valence-corrected chi connectivity index (χ4v) is 3.50. The molecule has 1 aliphatic carbocycles. The lowest BCUT2D eigenvalue weighted by atomic mass is 10.0. The molecule has 2 aromatic rings. The monoisotopic (exact) mass is 563 g/mol. The van der Waals surface area contributed by atoms with Gasteiger partial charge < -0.3 is 30.0 Å². The SMILES string of the molecule is C=C(Nc1cn(C(C(=O)N(C)C)C2=CC=C(OC)CC=C2)cn1)C(C)COCc1ccccc1.CC(=O)C(C)(C)N. The second-order valence-corrected chi connectivity index (χ2v) is 10.8. The van der Waals surface area contributed by atoms with Crippen LogP contribution in [0.15, 0.2) is 90.8 Å². The fraction of sp³-hybridized carbons (Fsp3) is 0.406. The highest BCUT2D eigenvalue weighted by molar-refractivity contribution is 5.85. The molecular weight excluding hydrogens is 518 g/mol. The molecule has 41 heavy (non-hydrogen) atoms. The molecule has 0 radical (unpaired) electrons. The minimum Gasteiger partial charge on any atom is -0.501 e. The van der Waals surface area contributed by atoms with Crippen LogP contribution in [0.25, 0.3) is 0 Å². The van der Waals surface area contributed by atoms with E-state index in [-0.39, 0.29) is 17.6 Å². The van der Waals surface area contributed by atoms with Crippen LogP contribution in [0.5, 0.6) is 0 Å². The number of imidazole rings is 1. The Morgan fingerprint density at radius 3 is 2.46 bits per heavy atom. The van der Waals surface area contributed by atoms with E-state index in [1.807, 2.05) is 65.4 Å². The van der Waals surface area contributed by atoms with Gasteiger partial charge in [0.2, 0.25) is 5.91 Å². The van der Waals surface area contributed by atoms with Crippen LogP contribution in [-0.4, -0.2) is 59.5 Å². The zero-order valence-corrected chi connectivity index (χ0v) is 25.4. The third-order valence-electron chi connectivity index (χ3n) is 6.51. The van der Waals surface area contributed by atoms with Crippen molar-refractivity contribution in [1.29, 1.82) is 0 Å². The maximum absolute atomic E-state index is 13.1. The predicted molar refractivity (Wildman–Crippen MR) is 164 cm³/mol. The molecule has 0 fully saturated rings.